The average molecular weight is 375 g/mol. The van der Waals surface area contributed by atoms with Crippen molar-refractivity contribution in [2.45, 2.75) is 11.3 Å². The van der Waals surface area contributed by atoms with E-state index in [-0.39, 0.29) is 17.2 Å². The summed E-state index contributed by atoms with van der Waals surface area (Å²) < 4.78 is 32.0. The summed E-state index contributed by atoms with van der Waals surface area (Å²) in [6.45, 7) is -0.414. The van der Waals surface area contributed by atoms with Crippen LogP contribution in [-0.4, -0.2) is 33.9 Å². The highest BCUT2D eigenvalue weighted by atomic mass is 32.2. The lowest BCUT2D eigenvalue weighted by atomic mass is 10.2. The molecule has 1 heterocycles. The standard InChI is InChI=1S/C17H17N3O5S/c1-25-13-4-2-12(3-5-13)19-17(22)10-18-26(23,24)14-6-7-15-11(8-14)9-16(21)20-15/h2-8,18H,9-10H2,1H3,(H,19,22)(H,20,21). The van der Waals surface area contributed by atoms with Crippen LogP contribution in [0.1, 0.15) is 5.56 Å². The zero-order chi connectivity index (χ0) is 18.7. The molecule has 2 amide bonds. The number of rotatable bonds is 6. The van der Waals surface area contributed by atoms with E-state index in [0.717, 1.165) is 0 Å². The molecule has 0 atom stereocenters. The van der Waals surface area contributed by atoms with Gasteiger partial charge < -0.3 is 15.4 Å². The average Bonchev–Trinajstić information content (AvgIpc) is 3.00. The molecule has 1 aliphatic heterocycles. The van der Waals surface area contributed by atoms with Crippen LogP contribution in [-0.2, 0) is 26.0 Å². The molecule has 0 aromatic heterocycles. The maximum atomic E-state index is 12.3. The SMILES string of the molecule is COc1ccc(NC(=O)CNS(=O)(=O)c2ccc3c(c2)CC(=O)N3)cc1. The number of anilines is 2. The van der Waals surface area contributed by atoms with Crippen LogP contribution in [0, 0.1) is 0 Å². The molecule has 0 saturated heterocycles. The van der Waals surface area contributed by atoms with E-state index in [4.69, 9.17) is 4.74 Å². The summed E-state index contributed by atoms with van der Waals surface area (Å²) in [7, 11) is -2.33. The molecule has 136 valence electrons. The maximum Gasteiger partial charge on any atom is 0.241 e. The van der Waals surface area contributed by atoms with Gasteiger partial charge in [-0.15, -0.1) is 0 Å². The molecular weight excluding hydrogens is 358 g/mol. The number of methoxy groups -OCH3 is 1. The molecule has 2 aromatic carbocycles. The summed E-state index contributed by atoms with van der Waals surface area (Å²) in [5, 5.41) is 5.22. The third kappa shape index (κ3) is 4.01. The zero-order valence-corrected chi connectivity index (χ0v) is 14.7. The largest absolute Gasteiger partial charge is 0.497 e. The minimum atomic E-state index is -3.87. The number of hydrogen-bond acceptors (Lipinski definition) is 5. The molecule has 3 N–H and O–H groups in total. The predicted octanol–water partition coefficient (Wildman–Crippen LogP) is 1.11. The highest BCUT2D eigenvalue weighted by Gasteiger charge is 2.22. The molecule has 0 unspecified atom stereocenters. The van der Waals surface area contributed by atoms with E-state index >= 15 is 0 Å². The lowest BCUT2D eigenvalue weighted by molar-refractivity contribution is -0.115. The summed E-state index contributed by atoms with van der Waals surface area (Å²) in [6, 6.07) is 11.0. The second-order valence-electron chi connectivity index (χ2n) is 5.65. The quantitative estimate of drug-likeness (QED) is 0.700. The Balaban J connectivity index is 1.62. The Morgan fingerprint density at radius 1 is 1.19 bits per heavy atom. The van der Waals surface area contributed by atoms with E-state index in [9.17, 15) is 18.0 Å². The van der Waals surface area contributed by atoms with Gasteiger partial charge in [0.25, 0.3) is 0 Å². The van der Waals surface area contributed by atoms with Crippen LogP contribution in [0.4, 0.5) is 11.4 Å². The summed E-state index contributed by atoms with van der Waals surface area (Å²) in [5.74, 6) is -0.0357. The van der Waals surface area contributed by atoms with E-state index in [1.165, 1.54) is 25.3 Å². The summed E-state index contributed by atoms with van der Waals surface area (Å²) in [4.78, 5) is 23.3. The molecule has 0 fully saturated rings. The summed E-state index contributed by atoms with van der Waals surface area (Å²) in [5.41, 5.74) is 1.74. The van der Waals surface area contributed by atoms with Gasteiger partial charge in [-0.1, -0.05) is 0 Å². The third-order valence-corrected chi connectivity index (χ3v) is 5.21. The molecule has 2 aromatic rings. The van der Waals surface area contributed by atoms with Crippen molar-refractivity contribution in [2.24, 2.45) is 0 Å². The van der Waals surface area contributed by atoms with Gasteiger partial charge in [-0.2, -0.15) is 0 Å². The van der Waals surface area contributed by atoms with E-state index in [1.54, 1.807) is 24.3 Å². The van der Waals surface area contributed by atoms with Crippen LogP contribution in [0.3, 0.4) is 0 Å². The Morgan fingerprint density at radius 2 is 1.92 bits per heavy atom. The molecule has 0 radical (unpaired) electrons. The Labute approximate surface area is 150 Å². The molecule has 8 nitrogen and oxygen atoms in total. The Kier molecular flexibility index (Phi) is 4.92. The lowest BCUT2D eigenvalue weighted by Crippen LogP contribution is -2.32. The number of fused-ring (bicyclic) bond motifs is 1. The van der Waals surface area contributed by atoms with Crippen LogP contribution in [0.5, 0.6) is 5.75 Å². The van der Waals surface area contributed by atoms with Crippen LogP contribution >= 0.6 is 0 Å². The first-order valence-corrected chi connectivity index (χ1v) is 9.22. The van der Waals surface area contributed by atoms with Gasteiger partial charge in [0.05, 0.1) is 25.0 Å². The van der Waals surface area contributed by atoms with Crippen LogP contribution < -0.4 is 20.1 Å². The number of hydrogen-bond donors (Lipinski definition) is 3. The topological polar surface area (TPSA) is 114 Å². The number of ether oxygens (including phenoxy) is 1. The Morgan fingerprint density at radius 3 is 2.62 bits per heavy atom. The first-order chi connectivity index (χ1) is 12.4. The molecule has 0 spiro atoms. The van der Waals surface area contributed by atoms with Gasteiger partial charge in [0, 0.05) is 11.4 Å². The molecule has 0 bridgehead atoms. The maximum absolute atomic E-state index is 12.3. The first-order valence-electron chi connectivity index (χ1n) is 7.74. The molecule has 1 aliphatic rings. The number of carbonyl (C=O) groups is 2. The van der Waals surface area contributed by atoms with Gasteiger partial charge in [0.2, 0.25) is 21.8 Å². The van der Waals surface area contributed by atoms with Crippen molar-refractivity contribution >= 4 is 33.2 Å². The summed E-state index contributed by atoms with van der Waals surface area (Å²) in [6.07, 6.45) is 0.136. The first kappa shape index (κ1) is 17.9. The fourth-order valence-corrected chi connectivity index (χ4v) is 3.53. The molecule has 0 aliphatic carbocycles. The highest BCUT2D eigenvalue weighted by molar-refractivity contribution is 7.89. The van der Waals surface area contributed by atoms with Crippen molar-refractivity contribution in [2.75, 3.05) is 24.3 Å². The number of benzene rings is 2. The van der Waals surface area contributed by atoms with Gasteiger partial charge in [-0.25, -0.2) is 13.1 Å². The predicted molar refractivity (Wildman–Crippen MR) is 95.6 cm³/mol. The van der Waals surface area contributed by atoms with Crippen molar-refractivity contribution in [3.8, 4) is 5.75 Å². The minimum absolute atomic E-state index is 0.00463. The van der Waals surface area contributed by atoms with E-state index in [2.05, 4.69) is 15.4 Å². The van der Waals surface area contributed by atoms with Gasteiger partial charge in [0.15, 0.2) is 0 Å². The normalized spacial score (nSPS) is 13.0. The van der Waals surface area contributed by atoms with Gasteiger partial charge in [-0.05, 0) is 48.0 Å². The molecule has 9 heteroatoms. The Hall–Kier alpha value is -2.91. The molecule has 26 heavy (non-hydrogen) atoms. The minimum Gasteiger partial charge on any atom is -0.497 e. The highest BCUT2D eigenvalue weighted by Crippen LogP contribution is 2.25. The molecule has 0 saturated carbocycles. The number of carbonyl (C=O) groups excluding carboxylic acids is 2. The second kappa shape index (κ2) is 7.14. The van der Waals surface area contributed by atoms with Crippen LogP contribution in [0.2, 0.25) is 0 Å². The van der Waals surface area contributed by atoms with Crippen LogP contribution in [0.25, 0.3) is 0 Å². The van der Waals surface area contributed by atoms with E-state index in [1.807, 2.05) is 0 Å². The molecular formula is C17H17N3O5S. The van der Waals surface area contributed by atoms with Crippen molar-refractivity contribution in [1.29, 1.82) is 0 Å². The van der Waals surface area contributed by atoms with Crippen molar-refractivity contribution in [1.82, 2.24) is 4.72 Å². The fraction of sp³-hybridized carbons (Fsp3) is 0.176. The van der Waals surface area contributed by atoms with Gasteiger partial charge >= 0.3 is 0 Å². The monoisotopic (exact) mass is 375 g/mol. The van der Waals surface area contributed by atoms with E-state index < -0.39 is 22.5 Å². The smallest absolute Gasteiger partial charge is 0.241 e. The zero-order valence-electron chi connectivity index (χ0n) is 13.9. The van der Waals surface area contributed by atoms with Gasteiger partial charge in [-0.3, -0.25) is 9.59 Å². The molecule has 3 rings (SSSR count). The number of amides is 2. The number of sulfonamides is 1. The number of nitrogens with one attached hydrogen (secondary N) is 3. The van der Waals surface area contributed by atoms with Crippen LogP contribution in [0.15, 0.2) is 47.4 Å². The van der Waals surface area contributed by atoms with Crippen molar-refractivity contribution in [3.05, 3.63) is 48.0 Å². The Bertz CT molecular complexity index is 955. The van der Waals surface area contributed by atoms with Crippen molar-refractivity contribution < 1.29 is 22.7 Å². The van der Waals surface area contributed by atoms with Crippen molar-refractivity contribution in [3.63, 3.8) is 0 Å². The third-order valence-electron chi connectivity index (χ3n) is 3.81. The fourth-order valence-electron chi connectivity index (χ4n) is 2.50. The lowest BCUT2D eigenvalue weighted by Gasteiger charge is -2.09. The second-order valence-corrected chi connectivity index (χ2v) is 7.41. The van der Waals surface area contributed by atoms with Gasteiger partial charge in [0.1, 0.15) is 5.75 Å². The van der Waals surface area contributed by atoms with E-state index in [0.29, 0.717) is 22.7 Å². The summed E-state index contributed by atoms with van der Waals surface area (Å²) >= 11 is 0.